The molecule has 0 aliphatic carbocycles. The van der Waals surface area contributed by atoms with Crippen LogP contribution in [0.15, 0.2) is 54.3 Å². The Morgan fingerprint density at radius 3 is 2.31 bits per heavy atom. The summed E-state index contributed by atoms with van der Waals surface area (Å²) >= 11 is 0. The van der Waals surface area contributed by atoms with Gasteiger partial charge in [0.1, 0.15) is 17.3 Å². The normalized spacial score (nSPS) is 12.6. The van der Waals surface area contributed by atoms with Gasteiger partial charge in [-0.05, 0) is 50.2 Å². The highest BCUT2D eigenvalue weighted by Crippen LogP contribution is 2.38. The predicted octanol–water partition coefficient (Wildman–Crippen LogP) is 5.27. The third-order valence-corrected chi connectivity index (χ3v) is 4.03. The number of ether oxygens (including phenoxy) is 4. The molecule has 0 aliphatic rings. The molecule has 0 saturated heterocycles. The Balaban J connectivity index is 2.15. The van der Waals surface area contributed by atoms with Crippen LogP contribution in [0.1, 0.15) is 19.4 Å². The summed E-state index contributed by atoms with van der Waals surface area (Å²) in [6, 6.07) is 7.81. The average Bonchev–Trinajstić information content (AvgIpc) is 2.72. The van der Waals surface area contributed by atoms with Crippen molar-refractivity contribution in [2.75, 3.05) is 13.7 Å². The number of nitrogens with zero attached hydrogens (tertiary/aromatic N) is 1. The fourth-order valence-corrected chi connectivity index (χ4v) is 2.54. The number of hydrogen-bond donors (Lipinski definition) is 0. The SMILES string of the molecule is CCOC(=O)/C=C(\OC)C(C)Oc1ccc(Oc2ccc(C(F)(F)F)cc2[N+](=O)[O-])cc1. The van der Waals surface area contributed by atoms with Crippen LogP contribution < -0.4 is 9.47 Å². The molecule has 2 aromatic carbocycles. The number of esters is 1. The second-order valence-corrected chi connectivity index (χ2v) is 6.27. The van der Waals surface area contributed by atoms with Gasteiger partial charge in [0.25, 0.3) is 0 Å². The highest BCUT2D eigenvalue weighted by molar-refractivity contribution is 5.82. The van der Waals surface area contributed by atoms with Gasteiger partial charge in [0.05, 0.1) is 30.3 Å². The molecule has 2 rings (SSSR count). The Morgan fingerprint density at radius 2 is 1.78 bits per heavy atom. The summed E-state index contributed by atoms with van der Waals surface area (Å²) in [6.07, 6.45) is -4.20. The minimum absolute atomic E-state index is 0.141. The van der Waals surface area contributed by atoms with E-state index in [0.717, 1.165) is 12.1 Å². The molecule has 8 nitrogen and oxygen atoms in total. The van der Waals surface area contributed by atoms with Crippen molar-refractivity contribution in [2.24, 2.45) is 0 Å². The van der Waals surface area contributed by atoms with E-state index in [-0.39, 0.29) is 23.9 Å². The lowest BCUT2D eigenvalue weighted by atomic mass is 10.2. The molecular weight excluding hydrogens is 435 g/mol. The van der Waals surface area contributed by atoms with Crippen molar-refractivity contribution in [3.05, 3.63) is 70.0 Å². The second-order valence-electron chi connectivity index (χ2n) is 6.27. The van der Waals surface area contributed by atoms with Gasteiger partial charge in [0.15, 0.2) is 6.10 Å². The zero-order valence-electron chi connectivity index (χ0n) is 17.3. The lowest BCUT2D eigenvalue weighted by Gasteiger charge is -2.17. The standard InChI is InChI=1S/C21H20F3NO7/c1-4-30-20(26)12-19(29-3)13(2)31-15-6-8-16(9-7-15)32-18-10-5-14(21(22,23)24)11-17(18)25(27)28/h5-13H,4H2,1-3H3/b19-12-. The van der Waals surface area contributed by atoms with E-state index in [1.54, 1.807) is 13.8 Å². The van der Waals surface area contributed by atoms with Gasteiger partial charge in [0.2, 0.25) is 5.75 Å². The molecule has 0 heterocycles. The smallest absolute Gasteiger partial charge is 0.416 e. The van der Waals surface area contributed by atoms with Gasteiger partial charge in [-0.25, -0.2) is 4.79 Å². The summed E-state index contributed by atoms with van der Waals surface area (Å²) in [5.41, 5.74) is -1.97. The first-order valence-corrected chi connectivity index (χ1v) is 9.27. The fourth-order valence-electron chi connectivity index (χ4n) is 2.54. The number of halogens is 3. The van der Waals surface area contributed by atoms with Gasteiger partial charge >= 0.3 is 17.8 Å². The molecule has 0 aromatic heterocycles. The van der Waals surface area contributed by atoms with Gasteiger partial charge in [-0.15, -0.1) is 0 Å². The number of nitro benzene ring substituents is 1. The molecule has 2 aromatic rings. The monoisotopic (exact) mass is 455 g/mol. The van der Waals surface area contributed by atoms with Crippen LogP contribution in [0.4, 0.5) is 18.9 Å². The maximum Gasteiger partial charge on any atom is 0.416 e. The van der Waals surface area contributed by atoms with E-state index in [2.05, 4.69) is 0 Å². The van der Waals surface area contributed by atoms with Crippen molar-refractivity contribution in [1.82, 2.24) is 0 Å². The maximum atomic E-state index is 12.8. The molecule has 0 bridgehead atoms. The van der Waals surface area contributed by atoms with E-state index >= 15 is 0 Å². The Kier molecular flexibility index (Phi) is 8.05. The van der Waals surface area contributed by atoms with E-state index in [0.29, 0.717) is 17.9 Å². The van der Waals surface area contributed by atoms with E-state index in [1.807, 2.05) is 0 Å². The third-order valence-electron chi connectivity index (χ3n) is 4.03. The van der Waals surface area contributed by atoms with Gasteiger partial charge in [-0.3, -0.25) is 10.1 Å². The molecule has 0 radical (unpaired) electrons. The van der Waals surface area contributed by atoms with Gasteiger partial charge < -0.3 is 18.9 Å². The summed E-state index contributed by atoms with van der Waals surface area (Å²) in [5.74, 6) is -0.199. The highest BCUT2D eigenvalue weighted by atomic mass is 19.4. The third kappa shape index (κ3) is 6.62. The van der Waals surface area contributed by atoms with Crippen LogP contribution in [0.3, 0.4) is 0 Å². The van der Waals surface area contributed by atoms with Crippen LogP contribution in [-0.4, -0.2) is 30.7 Å². The number of alkyl halides is 3. The van der Waals surface area contributed by atoms with Crippen LogP contribution in [0, 0.1) is 10.1 Å². The van der Waals surface area contributed by atoms with Crippen LogP contribution in [-0.2, 0) is 20.4 Å². The molecular formula is C21H20F3NO7. The molecule has 0 N–H and O–H groups in total. The number of carbonyl (C=O) groups excluding carboxylic acids is 1. The predicted molar refractivity (Wildman–Crippen MR) is 106 cm³/mol. The topological polar surface area (TPSA) is 97.1 Å². The molecule has 0 amide bonds. The number of nitro groups is 1. The van der Waals surface area contributed by atoms with Crippen molar-refractivity contribution < 1.29 is 41.8 Å². The largest absolute Gasteiger partial charge is 0.497 e. The minimum Gasteiger partial charge on any atom is -0.497 e. The molecule has 11 heteroatoms. The molecule has 172 valence electrons. The van der Waals surface area contributed by atoms with Gasteiger partial charge in [0, 0.05) is 6.07 Å². The Hall–Kier alpha value is -3.76. The van der Waals surface area contributed by atoms with Crippen molar-refractivity contribution in [1.29, 1.82) is 0 Å². The van der Waals surface area contributed by atoms with E-state index in [4.69, 9.17) is 18.9 Å². The van der Waals surface area contributed by atoms with E-state index in [1.165, 1.54) is 31.4 Å². The Labute approximate surface area is 181 Å². The summed E-state index contributed by atoms with van der Waals surface area (Å²) in [6.45, 7) is 3.52. The van der Waals surface area contributed by atoms with Crippen LogP contribution in [0.5, 0.6) is 17.2 Å². The van der Waals surface area contributed by atoms with E-state index < -0.39 is 34.4 Å². The van der Waals surface area contributed by atoms with Gasteiger partial charge in [-0.1, -0.05) is 0 Å². The molecule has 0 fully saturated rings. The number of methoxy groups -OCH3 is 1. The first-order chi connectivity index (χ1) is 15.0. The number of rotatable bonds is 9. The van der Waals surface area contributed by atoms with Crippen LogP contribution in [0.2, 0.25) is 0 Å². The second kappa shape index (κ2) is 10.5. The lowest BCUT2D eigenvalue weighted by molar-refractivity contribution is -0.385. The van der Waals surface area contributed by atoms with Crippen molar-refractivity contribution in [3.8, 4) is 17.2 Å². The Bertz CT molecular complexity index is 988. The number of benzene rings is 2. The summed E-state index contributed by atoms with van der Waals surface area (Å²) in [7, 11) is 1.37. The number of hydrogen-bond acceptors (Lipinski definition) is 7. The first-order valence-electron chi connectivity index (χ1n) is 9.27. The molecule has 1 unspecified atom stereocenters. The zero-order valence-corrected chi connectivity index (χ0v) is 17.3. The van der Waals surface area contributed by atoms with E-state index in [9.17, 15) is 28.1 Å². The van der Waals surface area contributed by atoms with Crippen molar-refractivity contribution >= 4 is 11.7 Å². The van der Waals surface area contributed by atoms with Crippen molar-refractivity contribution in [3.63, 3.8) is 0 Å². The Morgan fingerprint density at radius 1 is 1.16 bits per heavy atom. The summed E-state index contributed by atoms with van der Waals surface area (Å²) < 4.78 is 59.5. The first kappa shape index (κ1) is 24.5. The maximum absolute atomic E-state index is 12.8. The zero-order chi connectivity index (χ0) is 23.9. The molecule has 32 heavy (non-hydrogen) atoms. The van der Waals surface area contributed by atoms with Gasteiger partial charge in [-0.2, -0.15) is 13.2 Å². The number of carbonyl (C=O) groups is 1. The van der Waals surface area contributed by atoms with Crippen LogP contribution >= 0.6 is 0 Å². The minimum atomic E-state index is -4.72. The lowest BCUT2D eigenvalue weighted by Crippen LogP contribution is -2.18. The van der Waals surface area contributed by atoms with Crippen molar-refractivity contribution in [2.45, 2.75) is 26.1 Å². The quantitative estimate of drug-likeness (QED) is 0.167. The molecule has 0 spiro atoms. The molecule has 1 atom stereocenters. The molecule has 0 aliphatic heterocycles. The van der Waals surface area contributed by atoms with Crippen LogP contribution in [0.25, 0.3) is 0 Å². The summed E-state index contributed by atoms with van der Waals surface area (Å²) in [4.78, 5) is 21.8. The molecule has 0 saturated carbocycles. The summed E-state index contributed by atoms with van der Waals surface area (Å²) in [5, 5.41) is 11.2. The fraction of sp³-hybridized carbons (Fsp3) is 0.286. The highest BCUT2D eigenvalue weighted by Gasteiger charge is 2.33. The average molecular weight is 455 g/mol.